The molecule has 0 saturated carbocycles. The van der Waals surface area contributed by atoms with Gasteiger partial charge in [-0.15, -0.1) is 0 Å². The lowest BCUT2D eigenvalue weighted by atomic mass is 9.98. The van der Waals surface area contributed by atoms with Gasteiger partial charge in [-0.25, -0.2) is 0 Å². The van der Waals surface area contributed by atoms with Crippen molar-refractivity contribution < 1.29 is 27.5 Å². The first kappa shape index (κ1) is 19.2. The summed E-state index contributed by atoms with van der Waals surface area (Å²) in [6.07, 6.45) is -3.12. The molecule has 0 aliphatic carbocycles. The lowest BCUT2D eigenvalue weighted by Crippen LogP contribution is -2.43. The number of nitrogens with one attached hydrogen (secondary N) is 1. The van der Waals surface area contributed by atoms with Crippen molar-refractivity contribution in [3.05, 3.63) is 29.8 Å². The molecule has 138 valence electrons. The fraction of sp³-hybridized carbons (Fsp3) is 0.529. The normalized spacial score (nSPS) is 18.6. The van der Waals surface area contributed by atoms with Gasteiger partial charge in [0.1, 0.15) is 0 Å². The minimum atomic E-state index is -4.54. The summed E-state index contributed by atoms with van der Waals surface area (Å²) in [5.41, 5.74) is -1.15. The number of carbonyl (C=O) groups is 2. The number of hydrogen-bond donors (Lipinski definition) is 1. The van der Waals surface area contributed by atoms with E-state index in [0.29, 0.717) is 26.1 Å². The van der Waals surface area contributed by atoms with Gasteiger partial charge in [-0.1, -0.05) is 12.1 Å². The van der Waals surface area contributed by atoms with Gasteiger partial charge in [-0.2, -0.15) is 13.2 Å². The largest absolute Gasteiger partial charge is 0.466 e. The summed E-state index contributed by atoms with van der Waals surface area (Å²) in [4.78, 5) is 25.7. The van der Waals surface area contributed by atoms with Crippen LogP contribution in [0.15, 0.2) is 24.3 Å². The summed E-state index contributed by atoms with van der Waals surface area (Å²) in [5.74, 6) is -1.14. The van der Waals surface area contributed by atoms with Crippen molar-refractivity contribution in [2.45, 2.75) is 25.9 Å². The number of hydrogen-bond acceptors (Lipinski definition) is 4. The Morgan fingerprint density at radius 3 is 2.72 bits per heavy atom. The molecule has 1 aliphatic rings. The van der Waals surface area contributed by atoms with Crippen molar-refractivity contribution in [1.29, 1.82) is 0 Å². The average Bonchev–Trinajstić information content (AvgIpc) is 2.54. The van der Waals surface area contributed by atoms with Gasteiger partial charge in [0.2, 0.25) is 5.91 Å². The molecule has 1 aliphatic heterocycles. The molecule has 2 rings (SSSR count). The van der Waals surface area contributed by atoms with Crippen molar-refractivity contribution >= 4 is 17.6 Å². The fourth-order valence-electron chi connectivity index (χ4n) is 2.88. The Morgan fingerprint density at radius 2 is 2.04 bits per heavy atom. The quantitative estimate of drug-likeness (QED) is 0.823. The number of likely N-dealkylation sites (tertiary alicyclic amines) is 1. The van der Waals surface area contributed by atoms with Crippen LogP contribution in [0.5, 0.6) is 0 Å². The van der Waals surface area contributed by atoms with Gasteiger partial charge in [0, 0.05) is 6.54 Å². The van der Waals surface area contributed by atoms with Gasteiger partial charge < -0.3 is 10.1 Å². The summed E-state index contributed by atoms with van der Waals surface area (Å²) < 4.78 is 43.9. The Morgan fingerprint density at radius 1 is 1.32 bits per heavy atom. The monoisotopic (exact) mass is 358 g/mol. The van der Waals surface area contributed by atoms with Crippen LogP contribution in [0.1, 0.15) is 25.3 Å². The average molecular weight is 358 g/mol. The molecule has 1 aromatic carbocycles. The summed E-state index contributed by atoms with van der Waals surface area (Å²) >= 11 is 0. The van der Waals surface area contributed by atoms with Crippen LogP contribution in [-0.2, 0) is 20.5 Å². The van der Waals surface area contributed by atoms with Gasteiger partial charge in [0.25, 0.3) is 0 Å². The first-order chi connectivity index (χ1) is 11.8. The van der Waals surface area contributed by atoms with E-state index in [2.05, 4.69) is 5.32 Å². The van der Waals surface area contributed by atoms with E-state index in [0.717, 1.165) is 12.5 Å². The van der Waals surface area contributed by atoms with E-state index in [1.165, 1.54) is 18.2 Å². The highest BCUT2D eigenvalue weighted by molar-refractivity contribution is 5.93. The number of para-hydroxylation sites is 1. The fourth-order valence-corrected chi connectivity index (χ4v) is 2.88. The predicted octanol–water partition coefficient (Wildman–Crippen LogP) is 2.92. The summed E-state index contributed by atoms with van der Waals surface area (Å²) in [6.45, 7) is 2.94. The summed E-state index contributed by atoms with van der Waals surface area (Å²) in [7, 11) is 0. The number of ether oxygens (including phenoxy) is 1. The van der Waals surface area contributed by atoms with Gasteiger partial charge >= 0.3 is 12.1 Å². The van der Waals surface area contributed by atoms with Crippen molar-refractivity contribution in [1.82, 2.24) is 4.90 Å². The highest BCUT2D eigenvalue weighted by Gasteiger charge is 2.34. The minimum Gasteiger partial charge on any atom is -0.466 e. The van der Waals surface area contributed by atoms with Crippen LogP contribution in [0.3, 0.4) is 0 Å². The molecule has 8 heteroatoms. The number of anilines is 1. The van der Waals surface area contributed by atoms with Crippen LogP contribution in [0.4, 0.5) is 18.9 Å². The molecule has 0 bridgehead atoms. The molecular formula is C17H21F3N2O3. The van der Waals surface area contributed by atoms with Crippen LogP contribution >= 0.6 is 0 Å². The van der Waals surface area contributed by atoms with Gasteiger partial charge in [0.15, 0.2) is 0 Å². The molecule has 1 amide bonds. The molecule has 1 unspecified atom stereocenters. The van der Waals surface area contributed by atoms with Crippen LogP contribution in [-0.4, -0.2) is 43.0 Å². The second-order valence-electron chi connectivity index (χ2n) is 5.92. The zero-order chi connectivity index (χ0) is 18.4. The Labute approximate surface area is 144 Å². The van der Waals surface area contributed by atoms with Crippen molar-refractivity contribution in [3.8, 4) is 0 Å². The maximum atomic E-state index is 13.0. The topological polar surface area (TPSA) is 58.6 Å². The second kappa shape index (κ2) is 8.33. The van der Waals surface area contributed by atoms with E-state index in [1.807, 2.05) is 0 Å². The second-order valence-corrected chi connectivity index (χ2v) is 5.92. The molecule has 0 spiro atoms. The highest BCUT2D eigenvalue weighted by Crippen LogP contribution is 2.34. The molecular weight excluding hydrogens is 337 g/mol. The Balaban J connectivity index is 1.96. The third kappa shape index (κ3) is 5.45. The van der Waals surface area contributed by atoms with Crippen molar-refractivity contribution in [3.63, 3.8) is 0 Å². The third-order valence-corrected chi connectivity index (χ3v) is 4.00. The first-order valence-electron chi connectivity index (χ1n) is 8.16. The molecule has 1 fully saturated rings. The number of amides is 1. The number of halogens is 3. The van der Waals surface area contributed by atoms with E-state index < -0.39 is 17.6 Å². The van der Waals surface area contributed by atoms with Crippen LogP contribution in [0.2, 0.25) is 0 Å². The number of piperidine rings is 1. The highest BCUT2D eigenvalue weighted by atomic mass is 19.4. The zero-order valence-electron chi connectivity index (χ0n) is 13.9. The molecule has 5 nitrogen and oxygen atoms in total. The maximum absolute atomic E-state index is 13.0. The predicted molar refractivity (Wildman–Crippen MR) is 85.9 cm³/mol. The smallest absolute Gasteiger partial charge is 0.418 e. The summed E-state index contributed by atoms with van der Waals surface area (Å²) in [6, 6.07) is 4.85. The van der Waals surface area contributed by atoms with Gasteiger partial charge in [0.05, 0.1) is 30.3 Å². The van der Waals surface area contributed by atoms with Crippen LogP contribution < -0.4 is 5.32 Å². The number of rotatable bonds is 5. The lowest BCUT2D eigenvalue weighted by Gasteiger charge is -2.30. The number of benzene rings is 1. The Kier molecular flexibility index (Phi) is 6.41. The minimum absolute atomic E-state index is 0.0674. The molecule has 0 aromatic heterocycles. The molecule has 1 N–H and O–H groups in total. The molecule has 1 heterocycles. The standard InChI is InChI=1S/C17H21F3N2O3/c1-2-25-16(24)12-6-5-9-22(10-12)11-15(23)21-14-8-4-3-7-13(14)17(18,19)20/h3-4,7-8,12H,2,5-6,9-11H2,1H3,(H,21,23). The SMILES string of the molecule is CCOC(=O)C1CCCN(CC(=O)Nc2ccccc2C(F)(F)F)C1. The third-order valence-electron chi connectivity index (χ3n) is 4.00. The van der Waals surface area contributed by atoms with E-state index in [9.17, 15) is 22.8 Å². The van der Waals surface area contributed by atoms with Crippen molar-refractivity contribution in [2.24, 2.45) is 5.92 Å². The molecule has 1 saturated heterocycles. The Hall–Kier alpha value is -2.09. The van der Waals surface area contributed by atoms with E-state index in [4.69, 9.17) is 4.74 Å². The number of esters is 1. The molecule has 1 atom stereocenters. The van der Waals surface area contributed by atoms with Crippen molar-refractivity contribution in [2.75, 3.05) is 31.6 Å². The number of carbonyl (C=O) groups excluding carboxylic acids is 2. The first-order valence-corrected chi connectivity index (χ1v) is 8.16. The maximum Gasteiger partial charge on any atom is 0.418 e. The number of alkyl halides is 3. The van der Waals surface area contributed by atoms with Gasteiger partial charge in [-0.05, 0) is 38.4 Å². The Bertz CT molecular complexity index is 619. The number of nitrogens with zero attached hydrogens (tertiary/aromatic N) is 1. The molecule has 25 heavy (non-hydrogen) atoms. The zero-order valence-corrected chi connectivity index (χ0v) is 13.9. The van der Waals surface area contributed by atoms with E-state index >= 15 is 0 Å². The van der Waals surface area contributed by atoms with E-state index in [-0.39, 0.29) is 24.1 Å². The molecule has 1 aromatic rings. The van der Waals surface area contributed by atoms with Gasteiger partial charge in [-0.3, -0.25) is 14.5 Å². The van der Waals surface area contributed by atoms with Crippen LogP contribution in [0.25, 0.3) is 0 Å². The van der Waals surface area contributed by atoms with Crippen LogP contribution in [0, 0.1) is 5.92 Å². The molecule has 0 radical (unpaired) electrons. The lowest BCUT2D eigenvalue weighted by molar-refractivity contribution is -0.150. The summed E-state index contributed by atoms with van der Waals surface area (Å²) in [5, 5.41) is 2.32. The van der Waals surface area contributed by atoms with E-state index in [1.54, 1.807) is 11.8 Å².